The molecule has 0 aliphatic carbocycles. The fourth-order valence-corrected chi connectivity index (χ4v) is 14.0. The molecule has 0 spiro atoms. The van der Waals surface area contributed by atoms with Crippen molar-refractivity contribution in [3.8, 4) is 0 Å². The van der Waals surface area contributed by atoms with Crippen molar-refractivity contribution in [3.63, 3.8) is 0 Å². The van der Waals surface area contributed by atoms with E-state index in [2.05, 4.69) is 36.9 Å². The van der Waals surface area contributed by atoms with Crippen molar-refractivity contribution < 1.29 is 77.6 Å². The maximum atomic E-state index is 15.0. The third kappa shape index (κ3) is 21.9. The predicted molar refractivity (Wildman–Crippen MR) is 346 cm³/mol. The topological polar surface area (TPSA) is 429 Å². The number of primary amides is 1. The summed E-state index contributed by atoms with van der Waals surface area (Å²) in [6.45, 7) is 2.92. The first-order chi connectivity index (χ1) is 44.4. The van der Waals surface area contributed by atoms with E-state index in [9.17, 15) is 72.9 Å². The molecule has 6 rings (SSSR count). The third-order valence-corrected chi connectivity index (χ3v) is 19.3. The number of rotatable bonds is 25. The summed E-state index contributed by atoms with van der Waals surface area (Å²) in [4.78, 5) is 184. The molecule has 2 bridgehead atoms. The first-order valence-electron chi connectivity index (χ1n) is 31.6. The Morgan fingerprint density at radius 2 is 1.42 bits per heavy atom. The number of fused-ring (bicyclic) bond motifs is 3. The second kappa shape index (κ2) is 36.6. The number of hydrogen-bond acceptors (Lipinski definition) is 18. The summed E-state index contributed by atoms with van der Waals surface area (Å²) < 4.78 is 0. The first-order valence-corrected chi connectivity index (χ1v) is 33.9. The highest BCUT2D eigenvalue weighted by Gasteiger charge is 2.41. The molecule has 3 aliphatic rings. The molecule has 27 nitrogen and oxygen atoms in total. The number of ketones is 3. The van der Waals surface area contributed by atoms with Crippen LogP contribution in [0.25, 0.3) is 10.9 Å². The van der Waals surface area contributed by atoms with Crippen molar-refractivity contribution >= 4 is 111 Å². The Hall–Kier alpha value is -7.73. The minimum atomic E-state index is -1.52. The van der Waals surface area contributed by atoms with Crippen LogP contribution >= 0.6 is 23.5 Å². The fraction of sp³-hybridized carbons (Fsp3) is 0.578. The van der Waals surface area contributed by atoms with E-state index in [1.54, 1.807) is 20.0 Å². The molecule has 4 heterocycles. The molecule has 0 saturated carbocycles. The summed E-state index contributed by atoms with van der Waals surface area (Å²) in [6, 6.07) is 6.20. The van der Waals surface area contributed by atoms with Gasteiger partial charge in [0.05, 0.1) is 49.6 Å². The second-order valence-corrected chi connectivity index (χ2v) is 26.4. The van der Waals surface area contributed by atoms with Crippen LogP contribution in [0.2, 0.25) is 0 Å². The van der Waals surface area contributed by atoms with E-state index in [1.165, 1.54) is 33.3 Å². The molecule has 2 aromatic carbocycles. The number of nitrogens with zero attached hydrogens (tertiary/aromatic N) is 2. The van der Waals surface area contributed by atoms with Gasteiger partial charge in [0.2, 0.25) is 53.2 Å². The van der Waals surface area contributed by atoms with Gasteiger partial charge in [-0.05, 0) is 86.6 Å². The number of carbonyl (C=O) groups is 13. The van der Waals surface area contributed by atoms with Crippen LogP contribution in [-0.2, 0) is 80.3 Å². The molecule has 3 aliphatic heterocycles. The monoisotopic (exact) mass is 1330 g/mol. The SMILES string of the molecule is CC(=O)NC(CO)C(=O)C[C@H]1CSCc2cccc(c2)CSC[C@@H](C(=O)N[C@@H](CCCCN)C(=O)N2CCC[C@H]2C(=O)N[C@@H](Cc2c[nH]c3ccccc23)C(=O)NCC(=O)N2CCCC2C(N)=O)CC(=O)[C@H](C(C)C)NC(=O)[C@H](CO)CC(=O)[C@H](CCC(=O)O)NC1=O. The van der Waals surface area contributed by atoms with Crippen LogP contribution in [0.1, 0.15) is 115 Å². The minimum Gasteiger partial charge on any atom is -0.481 e. The number of carboxylic acids is 1. The Morgan fingerprint density at radius 3 is 2.08 bits per heavy atom. The summed E-state index contributed by atoms with van der Waals surface area (Å²) in [5, 5.41) is 46.9. The van der Waals surface area contributed by atoms with Crippen LogP contribution in [0.15, 0.2) is 54.7 Å². The van der Waals surface area contributed by atoms with Crippen LogP contribution in [0.3, 0.4) is 0 Å². The fourth-order valence-electron chi connectivity index (χ4n) is 11.8. The normalized spacial score (nSPS) is 22.3. The summed E-state index contributed by atoms with van der Waals surface area (Å²) >= 11 is 2.58. The number of aliphatic carboxylic acids is 1. The summed E-state index contributed by atoms with van der Waals surface area (Å²) in [7, 11) is 0. The molecule has 9 amide bonds. The van der Waals surface area contributed by atoms with E-state index in [1.807, 2.05) is 48.5 Å². The van der Waals surface area contributed by atoms with E-state index in [4.69, 9.17) is 11.5 Å². The van der Waals surface area contributed by atoms with Gasteiger partial charge < -0.3 is 73.5 Å². The molecule has 508 valence electrons. The lowest BCUT2D eigenvalue weighted by atomic mass is 9.90. The molecule has 2 fully saturated rings. The average molecular weight is 1330 g/mol. The summed E-state index contributed by atoms with van der Waals surface area (Å²) in [6.07, 6.45) is 1.43. The first kappa shape index (κ1) is 74.3. The van der Waals surface area contributed by atoms with E-state index in [0.717, 1.165) is 29.0 Å². The van der Waals surface area contributed by atoms with Crippen molar-refractivity contribution in [2.75, 3.05) is 50.9 Å². The molecule has 1 aromatic heterocycles. The number of benzene rings is 2. The van der Waals surface area contributed by atoms with Gasteiger partial charge in [0.25, 0.3) is 0 Å². The van der Waals surface area contributed by atoms with E-state index >= 15 is 4.79 Å². The number of thioether (sulfide) groups is 2. The maximum absolute atomic E-state index is 15.0. The number of nitrogens with two attached hydrogens (primary N) is 2. The van der Waals surface area contributed by atoms with Gasteiger partial charge in [-0.15, -0.1) is 0 Å². The van der Waals surface area contributed by atoms with E-state index in [0.29, 0.717) is 49.2 Å². The number of H-pyrrole nitrogens is 1. The number of aromatic nitrogens is 1. The van der Waals surface area contributed by atoms with Crippen molar-refractivity contribution in [3.05, 3.63) is 71.4 Å². The molecule has 14 N–H and O–H groups in total. The molecular weight excluding hydrogens is 1240 g/mol. The number of carboxylic acid groups (broad SMARTS) is 1. The number of nitrogens with one attached hydrogen (secondary N) is 7. The molecule has 29 heteroatoms. The Bertz CT molecular complexity index is 3180. The number of hydrogen-bond donors (Lipinski definition) is 12. The molecule has 0 radical (unpaired) electrons. The molecule has 3 aromatic rings. The highest BCUT2D eigenvalue weighted by Crippen LogP contribution is 2.27. The Balaban J connectivity index is 1.26. The third-order valence-electron chi connectivity index (χ3n) is 16.9. The minimum absolute atomic E-state index is 0.0170. The van der Waals surface area contributed by atoms with Crippen LogP contribution < -0.4 is 43.4 Å². The lowest BCUT2D eigenvalue weighted by Gasteiger charge is -2.31. The molecule has 10 atom stereocenters. The number of amides is 9. The van der Waals surface area contributed by atoms with Crippen LogP contribution in [0, 0.1) is 23.7 Å². The number of Topliss-reactive ketones (excluding diaryl/α,β-unsaturated/α-hetero) is 3. The Kier molecular flexibility index (Phi) is 29.3. The number of aromatic amines is 1. The van der Waals surface area contributed by atoms with Gasteiger partial charge in [-0.1, -0.05) is 56.3 Å². The summed E-state index contributed by atoms with van der Waals surface area (Å²) in [5.74, 6) is -13.4. The maximum Gasteiger partial charge on any atom is 0.303 e. The number of unbranched alkanes of at least 4 members (excludes halogenated alkanes) is 1. The number of para-hydroxylation sites is 1. The lowest BCUT2D eigenvalue weighted by molar-refractivity contribution is -0.143. The molecule has 2 saturated heterocycles. The molecule has 93 heavy (non-hydrogen) atoms. The number of aliphatic hydroxyl groups excluding tert-OH is 2. The summed E-state index contributed by atoms with van der Waals surface area (Å²) in [5.41, 5.74) is 14.5. The van der Waals surface area contributed by atoms with Gasteiger partial charge in [0.15, 0.2) is 17.3 Å². The van der Waals surface area contributed by atoms with Gasteiger partial charge in [-0.3, -0.25) is 62.3 Å². The standard InChI is InChI=1S/C64H89N11O16S2/c1-36(2)57-54(81)27-43(35-93-33-39-12-8-11-38(23-39)32-92-34-42(26-53(80)49(31-77)69-37(3)78)60(87)70-46(18-19-56(83)84)52(79)25-41(30-76)59(86)73-57)61(88)71-47(15-6-7-20-65)64(91)75-22-10-17-51(75)63(90)72-48(24-40-28-67-45-14-5-4-13-44(40)45)62(89)68-29-55(82)74-21-9-16-50(74)58(66)85/h4-5,8,11-14,23,28,36,41-43,46-51,57,67,76-77H,6-7,9-10,15-22,24-27,29-35,65H2,1-3H3,(H2,66,85)(H,68,89)(H,69,78)(H,70,87)(H,71,88)(H,72,90)(H,73,86)(H,83,84)/t41-,42-,43-,46-,47-,48-,49?,50?,51-,57-/m0/s1. The zero-order valence-corrected chi connectivity index (χ0v) is 54.5. The van der Waals surface area contributed by atoms with Gasteiger partial charge >= 0.3 is 5.97 Å². The zero-order valence-electron chi connectivity index (χ0n) is 52.8. The number of carbonyl (C=O) groups excluding carboxylic acids is 12. The van der Waals surface area contributed by atoms with Gasteiger partial charge in [0.1, 0.15) is 30.2 Å². The second-order valence-electron chi connectivity index (χ2n) is 24.3. The quantitative estimate of drug-likeness (QED) is 0.0507. The number of likely N-dealkylation sites (tertiary alicyclic amines) is 2. The van der Waals surface area contributed by atoms with Crippen LogP contribution in [-0.4, -0.2) is 200 Å². The highest BCUT2D eigenvalue weighted by atomic mass is 32.2. The lowest BCUT2D eigenvalue weighted by Crippen LogP contribution is -2.57. The smallest absolute Gasteiger partial charge is 0.303 e. The largest absolute Gasteiger partial charge is 0.481 e. The highest BCUT2D eigenvalue weighted by molar-refractivity contribution is 7.98. The van der Waals surface area contributed by atoms with Gasteiger partial charge in [0, 0.05) is 92.2 Å². The van der Waals surface area contributed by atoms with Crippen molar-refractivity contribution in [2.24, 2.45) is 35.1 Å². The number of aliphatic hydroxyl groups is 2. The molecule has 2 unspecified atom stereocenters. The van der Waals surface area contributed by atoms with Crippen molar-refractivity contribution in [1.29, 1.82) is 0 Å². The Labute approximate surface area is 548 Å². The van der Waals surface area contributed by atoms with E-state index in [-0.39, 0.29) is 50.4 Å². The Morgan fingerprint density at radius 1 is 0.753 bits per heavy atom. The zero-order chi connectivity index (χ0) is 67.9. The van der Waals surface area contributed by atoms with Gasteiger partial charge in [-0.25, -0.2) is 0 Å². The van der Waals surface area contributed by atoms with Crippen LogP contribution in [0.5, 0.6) is 0 Å². The van der Waals surface area contributed by atoms with Gasteiger partial charge in [-0.2, -0.15) is 23.5 Å². The predicted octanol–water partition coefficient (Wildman–Crippen LogP) is 0.279. The van der Waals surface area contributed by atoms with E-state index < -0.39 is 194 Å². The van der Waals surface area contributed by atoms with Crippen molar-refractivity contribution in [1.82, 2.24) is 46.7 Å². The average Bonchev–Trinajstić information content (AvgIpc) is 1.79. The molecular formula is C64H89N11O16S2. The van der Waals surface area contributed by atoms with Crippen LogP contribution in [0.4, 0.5) is 0 Å². The van der Waals surface area contributed by atoms with Crippen molar-refractivity contribution in [2.45, 2.75) is 158 Å².